The van der Waals surface area contributed by atoms with Crippen LogP contribution in [0.4, 0.5) is 0 Å². The van der Waals surface area contributed by atoms with Gasteiger partial charge in [0.15, 0.2) is 5.78 Å². The van der Waals surface area contributed by atoms with Gasteiger partial charge in [-0.1, -0.05) is 35.3 Å². The molecule has 0 amide bonds. The highest BCUT2D eigenvalue weighted by molar-refractivity contribution is 6.49. The summed E-state index contributed by atoms with van der Waals surface area (Å²) in [5.74, 6) is -3.67. The number of carbonyl (C=O) groups excluding carboxylic acids is 2. The lowest BCUT2D eigenvalue weighted by Gasteiger charge is -2.04. The van der Waals surface area contributed by atoms with Gasteiger partial charge in [0.25, 0.3) is 5.78 Å². The van der Waals surface area contributed by atoms with E-state index in [9.17, 15) is 14.4 Å². The number of Topliss-reactive ketones (excluding diaryl/α,β-unsaturated/α-hetero) is 2. The predicted molar refractivity (Wildman–Crippen MR) is 87.9 cm³/mol. The van der Waals surface area contributed by atoms with Crippen LogP contribution in [0.25, 0.3) is 6.08 Å². The second-order valence-corrected chi connectivity index (χ2v) is 5.45. The van der Waals surface area contributed by atoms with Gasteiger partial charge in [0.2, 0.25) is 0 Å². The molecule has 0 unspecified atom stereocenters. The van der Waals surface area contributed by atoms with Crippen LogP contribution in [0.2, 0.25) is 10.0 Å². The zero-order valence-corrected chi connectivity index (χ0v) is 13.1. The van der Waals surface area contributed by atoms with Crippen LogP contribution in [0.1, 0.15) is 15.9 Å². The molecule has 4 nitrogen and oxygen atoms in total. The van der Waals surface area contributed by atoms with Crippen LogP contribution in [0.15, 0.2) is 54.1 Å². The molecule has 0 aromatic heterocycles. The molecular weight excluding hydrogens is 339 g/mol. The van der Waals surface area contributed by atoms with E-state index >= 15 is 0 Å². The van der Waals surface area contributed by atoms with Crippen molar-refractivity contribution in [1.82, 2.24) is 0 Å². The molecule has 0 radical (unpaired) electrons. The summed E-state index contributed by atoms with van der Waals surface area (Å²) in [4.78, 5) is 35.3. The molecule has 2 aromatic rings. The molecule has 0 saturated heterocycles. The highest BCUT2D eigenvalue weighted by Crippen LogP contribution is 2.18. The Morgan fingerprint density at radius 2 is 1.30 bits per heavy atom. The highest BCUT2D eigenvalue weighted by Gasteiger charge is 2.25. The van der Waals surface area contributed by atoms with Crippen LogP contribution in [-0.4, -0.2) is 22.6 Å². The van der Waals surface area contributed by atoms with E-state index in [1.165, 1.54) is 30.3 Å². The Morgan fingerprint density at radius 1 is 0.826 bits per heavy atom. The van der Waals surface area contributed by atoms with E-state index in [-0.39, 0.29) is 5.56 Å². The van der Waals surface area contributed by atoms with Crippen LogP contribution in [0.3, 0.4) is 0 Å². The van der Waals surface area contributed by atoms with E-state index in [4.69, 9.17) is 28.3 Å². The lowest BCUT2D eigenvalue weighted by molar-refractivity contribution is -0.147. The summed E-state index contributed by atoms with van der Waals surface area (Å²) in [6.07, 6.45) is 1.23. The van der Waals surface area contributed by atoms with E-state index in [1.54, 1.807) is 24.3 Å². The van der Waals surface area contributed by atoms with E-state index < -0.39 is 23.1 Å². The zero-order chi connectivity index (χ0) is 17.0. The molecule has 23 heavy (non-hydrogen) atoms. The number of ketones is 2. The third-order valence-corrected chi connectivity index (χ3v) is 3.47. The van der Waals surface area contributed by atoms with Crippen molar-refractivity contribution >= 4 is 46.8 Å². The van der Waals surface area contributed by atoms with Gasteiger partial charge in [0.1, 0.15) is 0 Å². The molecule has 0 atom stereocenters. The maximum atomic E-state index is 12.5. The van der Waals surface area contributed by atoms with Crippen molar-refractivity contribution in [1.29, 1.82) is 0 Å². The Morgan fingerprint density at radius 3 is 1.78 bits per heavy atom. The molecule has 0 aliphatic heterocycles. The topological polar surface area (TPSA) is 71.4 Å². The highest BCUT2D eigenvalue weighted by atomic mass is 35.5. The largest absolute Gasteiger partial charge is 0.475 e. The molecular formula is C17H10Cl2O4. The molecule has 1 N–H and O–H groups in total. The minimum absolute atomic E-state index is 0.171. The number of carboxylic acid groups (broad SMARTS) is 1. The van der Waals surface area contributed by atoms with E-state index in [1.807, 2.05) is 0 Å². The molecule has 2 aromatic carbocycles. The number of hydrogen-bond acceptors (Lipinski definition) is 3. The first-order valence-electron chi connectivity index (χ1n) is 6.43. The smallest absolute Gasteiger partial charge is 0.377 e. The van der Waals surface area contributed by atoms with E-state index in [0.717, 1.165) is 0 Å². The molecule has 0 aliphatic carbocycles. The van der Waals surface area contributed by atoms with Gasteiger partial charge in [-0.15, -0.1) is 0 Å². The molecule has 0 spiro atoms. The number of aliphatic carboxylic acids is 1. The number of carboxylic acids is 1. The van der Waals surface area contributed by atoms with Crippen molar-refractivity contribution in [2.24, 2.45) is 0 Å². The number of halogens is 2. The average Bonchev–Trinajstić information content (AvgIpc) is 2.53. The first kappa shape index (κ1) is 16.9. The van der Waals surface area contributed by atoms with Gasteiger partial charge in [0.05, 0.1) is 5.57 Å². The molecule has 2 rings (SSSR count). The van der Waals surface area contributed by atoms with Gasteiger partial charge in [-0.3, -0.25) is 9.59 Å². The SMILES string of the molecule is O=C(O)C(=O)/C(=C\c1ccc(Cl)cc1)C(=O)c1ccc(Cl)cc1. The fourth-order valence-corrected chi connectivity index (χ4v) is 2.08. The van der Waals surface area contributed by atoms with E-state index in [2.05, 4.69) is 0 Å². The second-order valence-electron chi connectivity index (χ2n) is 4.58. The Balaban J connectivity index is 2.47. The standard InChI is InChI=1S/C17H10Cl2O4/c18-12-5-1-10(2-6-12)9-14(16(21)17(22)23)15(20)11-3-7-13(19)8-4-11/h1-9H,(H,22,23)/b14-9-. The summed E-state index contributed by atoms with van der Waals surface area (Å²) in [6, 6.07) is 12.1. The Labute approximate surface area is 142 Å². The first-order chi connectivity index (χ1) is 10.9. The van der Waals surface area contributed by atoms with Gasteiger partial charge >= 0.3 is 5.97 Å². The zero-order valence-electron chi connectivity index (χ0n) is 11.6. The predicted octanol–water partition coefficient (Wildman–Crippen LogP) is 3.91. The van der Waals surface area contributed by atoms with Crippen molar-refractivity contribution in [3.63, 3.8) is 0 Å². The number of rotatable bonds is 5. The molecule has 0 fully saturated rings. The minimum atomic E-state index is -1.70. The minimum Gasteiger partial charge on any atom is -0.475 e. The third kappa shape index (κ3) is 4.28. The van der Waals surface area contributed by atoms with Crippen molar-refractivity contribution in [3.8, 4) is 0 Å². The van der Waals surface area contributed by atoms with Gasteiger partial charge < -0.3 is 5.11 Å². The summed E-state index contributed by atoms with van der Waals surface area (Å²) in [5.41, 5.74) is 0.215. The molecule has 0 aliphatic rings. The summed E-state index contributed by atoms with van der Waals surface area (Å²) >= 11 is 11.5. The summed E-state index contributed by atoms with van der Waals surface area (Å²) in [5, 5.41) is 9.84. The Hall–Kier alpha value is -2.43. The van der Waals surface area contributed by atoms with Gasteiger partial charge in [-0.2, -0.15) is 0 Å². The van der Waals surface area contributed by atoms with Gasteiger partial charge in [0, 0.05) is 15.6 Å². The molecule has 6 heteroatoms. The average molecular weight is 349 g/mol. The van der Waals surface area contributed by atoms with Crippen molar-refractivity contribution < 1.29 is 19.5 Å². The maximum absolute atomic E-state index is 12.5. The monoisotopic (exact) mass is 348 g/mol. The maximum Gasteiger partial charge on any atom is 0.377 e. The summed E-state index contributed by atoms with van der Waals surface area (Å²) in [6.45, 7) is 0. The lowest BCUT2D eigenvalue weighted by atomic mass is 9.97. The van der Waals surface area contributed by atoms with Gasteiger partial charge in [-0.05, 0) is 48.0 Å². The molecule has 116 valence electrons. The number of carbonyl (C=O) groups is 3. The van der Waals surface area contributed by atoms with Crippen LogP contribution in [0, 0.1) is 0 Å². The summed E-state index contributed by atoms with van der Waals surface area (Å²) in [7, 11) is 0. The number of benzene rings is 2. The molecule has 0 heterocycles. The fourth-order valence-electron chi connectivity index (χ4n) is 1.83. The van der Waals surface area contributed by atoms with Crippen molar-refractivity contribution in [2.45, 2.75) is 0 Å². The first-order valence-corrected chi connectivity index (χ1v) is 7.19. The van der Waals surface area contributed by atoms with Crippen LogP contribution in [-0.2, 0) is 9.59 Å². The molecule has 0 saturated carbocycles. The second kappa shape index (κ2) is 7.22. The quantitative estimate of drug-likeness (QED) is 0.292. The van der Waals surface area contributed by atoms with Crippen LogP contribution >= 0.6 is 23.2 Å². The van der Waals surface area contributed by atoms with Gasteiger partial charge in [-0.25, -0.2) is 4.79 Å². The normalized spacial score (nSPS) is 11.1. The number of hydrogen-bond donors (Lipinski definition) is 1. The lowest BCUT2D eigenvalue weighted by Crippen LogP contribution is -2.21. The van der Waals surface area contributed by atoms with Crippen LogP contribution < -0.4 is 0 Å². The third-order valence-electron chi connectivity index (χ3n) is 2.97. The fraction of sp³-hybridized carbons (Fsp3) is 0. The van der Waals surface area contributed by atoms with Crippen molar-refractivity contribution in [2.75, 3.05) is 0 Å². The molecule has 0 bridgehead atoms. The Kier molecular flexibility index (Phi) is 5.32. The Bertz CT molecular complexity index is 790. The summed E-state index contributed by atoms with van der Waals surface area (Å²) < 4.78 is 0. The van der Waals surface area contributed by atoms with Crippen LogP contribution in [0.5, 0.6) is 0 Å². The van der Waals surface area contributed by atoms with Crippen molar-refractivity contribution in [3.05, 3.63) is 75.3 Å². The van der Waals surface area contributed by atoms with E-state index in [0.29, 0.717) is 15.6 Å².